The Bertz CT molecular complexity index is 599. The van der Waals surface area contributed by atoms with Gasteiger partial charge in [0.15, 0.2) is 0 Å². The average molecular weight is 319 g/mol. The molecule has 1 fully saturated rings. The molecule has 0 radical (unpaired) electrons. The third kappa shape index (κ3) is 3.35. The minimum Gasteiger partial charge on any atom is -0.487 e. The van der Waals surface area contributed by atoms with E-state index in [2.05, 4.69) is 30.9 Å². The molecule has 126 valence electrons. The van der Waals surface area contributed by atoms with Gasteiger partial charge in [0.1, 0.15) is 17.4 Å². The van der Waals surface area contributed by atoms with Gasteiger partial charge in [0.2, 0.25) is 0 Å². The first kappa shape index (κ1) is 16.3. The molecule has 5 nitrogen and oxygen atoms in total. The highest BCUT2D eigenvalue weighted by molar-refractivity contribution is 5.75. The molecule has 1 aromatic carbocycles. The summed E-state index contributed by atoms with van der Waals surface area (Å²) in [6.45, 7) is 5.48. The van der Waals surface area contributed by atoms with Crippen LogP contribution in [0.2, 0.25) is 0 Å². The lowest BCUT2D eigenvalue weighted by molar-refractivity contribution is -0.150. The second-order valence-corrected chi connectivity index (χ2v) is 7.13. The van der Waals surface area contributed by atoms with Gasteiger partial charge < -0.3 is 14.6 Å². The number of fused-ring (bicyclic) bond motifs is 1. The Morgan fingerprint density at radius 3 is 3.00 bits per heavy atom. The number of rotatable bonds is 3. The topological polar surface area (TPSA) is 59.0 Å². The molecule has 0 saturated carbocycles. The molecule has 2 aliphatic rings. The van der Waals surface area contributed by atoms with Crippen molar-refractivity contribution in [3.63, 3.8) is 0 Å². The van der Waals surface area contributed by atoms with E-state index in [9.17, 15) is 9.90 Å². The molecule has 0 bridgehead atoms. The number of likely N-dealkylation sites (tertiary alicyclic amines) is 1. The van der Waals surface area contributed by atoms with Gasteiger partial charge in [-0.15, -0.1) is 0 Å². The van der Waals surface area contributed by atoms with Crippen molar-refractivity contribution >= 4 is 5.97 Å². The van der Waals surface area contributed by atoms with Gasteiger partial charge in [-0.2, -0.15) is 0 Å². The number of piperidine rings is 1. The fraction of sp³-hybridized carbons (Fsp3) is 0.611. The lowest BCUT2D eigenvalue weighted by Gasteiger charge is -2.36. The monoisotopic (exact) mass is 319 g/mol. The zero-order chi connectivity index (χ0) is 16.6. The van der Waals surface area contributed by atoms with Gasteiger partial charge in [-0.25, -0.2) is 0 Å². The summed E-state index contributed by atoms with van der Waals surface area (Å²) in [5, 5.41) is 9.87. The van der Waals surface area contributed by atoms with E-state index in [0.29, 0.717) is 25.9 Å². The molecule has 1 aromatic rings. The normalized spacial score (nSPS) is 26.4. The highest BCUT2D eigenvalue weighted by Crippen LogP contribution is 2.38. The van der Waals surface area contributed by atoms with Gasteiger partial charge in [-0.1, -0.05) is 18.2 Å². The number of benzene rings is 1. The van der Waals surface area contributed by atoms with Crippen LogP contribution in [0.15, 0.2) is 18.2 Å². The van der Waals surface area contributed by atoms with Gasteiger partial charge in [-0.05, 0) is 32.3 Å². The molecule has 0 spiro atoms. The fourth-order valence-electron chi connectivity index (χ4n) is 3.59. The van der Waals surface area contributed by atoms with Gasteiger partial charge in [-0.3, -0.25) is 9.69 Å². The Labute approximate surface area is 137 Å². The lowest BCUT2D eigenvalue weighted by atomic mass is 9.97. The van der Waals surface area contributed by atoms with Gasteiger partial charge in [0, 0.05) is 25.1 Å². The molecule has 2 heterocycles. The molecule has 0 aliphatic carbocycles. The van der Waals surface area contributed by atoms with Crippen molar-refractivity contribution in [3.8, 4) is 5.75 Å². The number of nitrogens with zero attached hydrogens (tertiary/aromatic N) is 1. The largest absolute Gasteiger partial charge is 0.487 e. The number of carbonyl (C=O) groups excluding carboxylic acids is 1. The predicted octanol–water partition coefficient (Wildman–Crippen LogP) is 1.90. The van der Waals surface area contributed by atoms with Crippen LogP contribution in [0.4, 0.5) is 0 Å². The summed E-state index contributed by atoms with van der Waals surface area (Å²) in [6.07, 6.45) is 1.56. The van der Waals surface area contributed by atoms with Crippen LogP contribution in [0.25, 0.3) is 0 Å². The van der Waals surface area contributed by atoms with E-state index < -0.39 is 12.1 Å². The minimum absolute atomic E-state index is 0.182. The third-order valence-electron chi connectivity index (χ3n) is 4.70. The molecule has 2 aliphatic heterocycles. The van der Waals surface area contributed by atoms with Crippen LogP contribution in [-0.2, 0) is 22.5 Å². The Hall–Kier alpha value is -1.59. The van der Waals surface area contributed by atoms with E-state index in [0.717, 1.165) is 17.7 Å². The number of ether oxygens (including phenoxy) is 2. The number of aliphatic hydroxyl groups is 1. The molecule has 0 unspecified atom stereocenters. The van der Waals surface area contributed by atoms with E-state index in [1.54, 1.807) is 0 Å². The first-order chi connectivity index (χ1) is 10.9. The molecule has 2 atom stereocenters. The maximum absolute atomic E-state index is 12.0. The van der Waals surface area contributed by atoms with Gasteiger partial charge in [0.25, 0.3) is 0 Å². The van der Waals surface area contributed by atoms with E-state index in [1.165, 1.54) is 12.7 Å². The summed E-state index contributed by atoms with van der Waals surface area (Å²) in [5.41, 5.74) is 2.13. The van der Waals surface area contributed by atoms with Crippen molar-refractivity contribution in [3.05, 3.63) is 29.3 Å². The SMILES string of the molecule is COC(=O)[C@@H]1C[C@H](O)CCN1Cc1cccc2c1OC(C)(C)C2. The molecular formula is C18H25NO4. The van der Waals surface area contributed by atoms with Crippen LogP contribution < -0.4 is 4.74 Å². The van der Waals surface area contributed by atoms with Crippen LogP contribution in [0.1, 0.15) is 37.8 Å². The second kappa shape index (κ2) is 6.13. The quantitative estimate of drug-likeness (QED) is 0.862. The standard InChI is InChI=1S/C18H25NO4/c1-18(2)10-12-5-4-6-13(16(12)23-18)11-19-8-7-14(20)9-15(19)17(21)22-3/h4-6,14-15,20H,7-11H2,1-3H3/t14-,15+/m1/s1. The van der Waals surface area contributed by atoms with E-state index in [-0.39, 0.29) is 11.6 Å². The Morgan fingerprint density at radius 2 is 2.26 bits per heavy atom. The molecular weight excluding hydrogens is 294 g/mol. The predicted molar refractivity (Wildman–Crippen MR) is 86.3 cm³/mol. The van der Waals surface area contributed by atoms with E-state index >= 15 is 0 Å². The molecule has 1 saturated heterocycles. The summed E-state index contributed by atoms with van der Waals surface area (Å²) in [5.74, 6) is 0.671. The summed E-state index contributed by atoms with van der Waals surface area (Å²) in [4.78, 5) is 14.1. The summed E-state index contributed by atoms with van der Waals surface area (Å²) >= 11 is 0. The molecule has 1 N–H and O–H groups in total. The Morgan fingerprint density at radius 1 is 1.48 bits per heavy atom. The maximum atomic E-state index is 12.0. The van der Waals surface area contributed by atoms with Crippen molar-refractivity contribution in [2.75, 3.05) is 13.7 Å². The molecule has 0 aromatic heterocycles. The number of methoxy groups -OCH3 is 1. The van der Waals surface area contributed by atoms with E-state index in [4.69, 9.17) is 9.47 Å². The molecule has 5 heteroatoms. The van der Waals surface area contributed by atoms with Crippen molar-refractivity contribution in [1.29, 1.82) is 0 Å². The highest BCUT2D eigenvalue weighted by atomic mass is 16.5. The Kier molecular flexibility index (Phi) is 4.34. The van der Waals surface area contributed by atoms with Crippen LogP contribution >= 0.6 is 0 Å². The van der Waals surface area contributed by atoms with Crippen LogP contribution in [0, 0.1) is 0 Å². The fourth-order valence-corrected chi connectivity index (χ4v) is 3.59. The number of carbonyl (C=O) groups is 1. The summed E-state index contributed by atoms with van der Waals surface area (Å²) in [6, 6.07) is 5.81. The Balaban J connectivity index is 1.82. The highest BCUT2D eigenvalue weighted by Gasteiger charge is 2.36. The molecule has 23 heavy (non-hydrogen) atoms. The van der Waals surface area contributed by atoms with Crippen LogP contribution in [-0.4, -0.2) is 47.4 Å². The average Bonchev–Trinajstić information content (AvgIpc) is 2.83. The molecule has 3 rings (SSSR count). The van der Waals surface area contributed by atoms with Crippen molar-refractivity contribution in [1.82, 2.24) is 4.90 Å². The smallest absolute Gasteiger partial charge is 0.323 e. The van der Waals surface area contributed by atoms with Crippen molar-refractivity contribution in [2.45, 2.75) is 57.4 Å². The first-order valence-corrected chi connectivity index (χ1v) is 8.19. The summed E-state index contributed by atoms with van der Waals surface area (Å²) < 4.78 is 11.0. The van der Waals surface area contributed by atoms with E-state index in [1.807, 2.05) is 6.07 Å². The first-order valence-electron chi connectivity index (χ1n) is 8.19. The summed E-state index contributed by atoms with van der Waals surface area (Å²) in [7, 11) is 1.40. The number of hydrogen-bond acceptors (Lipinski definition) is 5. The van der Waals surface area contributed by atoms with Crippen LogP contribution in [0.3, 0.4) is 0 Å². The third-order valence-corrected chi connectivity index (χ3v) is 4.70. The maximum Gasteiger partial charge on any atom is 0.323 e. The number of esters is 1. The second-order valence-electron chi connectivity index (χ2n) is 7.13. The van der Waals surface area contributed by atoms with Crippen molar-refractivity contribution in [2.24, 2.45) is 0 Å². The zero-order valence-electron chi connectivity index (χ0n) is 14.0. The lowest BCUT2D eigenvalue weighted by Crippen LogP contribution is -2.48. The number of hydrogen-bond donors (Lipinski definition) is 1. The van der Waals surface area contributed by atoms with Gasteiger partial charge >= 0.3 is 5.97 Å². The molecule has 0 amide bonds. The number of aliphatic hydroxyl groups excluding tert-OH is 1. The zero-order valence-corrected chi connectivity index (χ0v) is 14.0. The number of para-hydroxylation sites is 1. The van der Waals surface area contributed by atoms with Gasteiger partial charge in [0.05, 0.1) is 13.2 Å². The van der Waals surface area contributed by atoms with Crippen LogP contribution in [0.5, 0.6) is 5.75 Å². The van der Waals surface area contributed by atoms with Crippen molar-refractivity contribution < 1.29 is 19.4 Å². The minimum atomic E-state index is -0.438.